The highest BCUT2D eigenvalue weighted by Gasteiger charge is 2.26. The highest BCUT2D eigenvalue weighted by molar-refractivity contribution is 5.70. The van der Waals surface area contributed by atoms with Crippen LogP contribution in [0.2, 0.25) is 0 Å². The van der Waals surface area contributed by atoms with Gasteiger partial charge in [0.25, 0.3) is 0 Å². The summed E-state index contributed by atoms with van der Waals surface area (Å²) in [6.45, 7) is 0.236. The molecule has 0 aromatic carbocycles. The Kier molecular flexibility index (Phi) is 1.68. The molecule has 0 aliphatic carbocycles. The van der Waals surface area contributed by atoms with E-state index in [1.54, 1.807) is 0 Å². The molecule has 0 fully saturated rings. The van der Waals surface area contributed by atoms with Crippen LogP contribution in [0.3, 0.4) is 0 Å². The van der Waals surface area contributed by atoms with Crippen molar-refractivity contribution in [3.05, 3.63) is 16.3 Å². The molecule has 6 nitrogen and oxygen atoms in total. The lowest BCUT2D eigenvalue weighted by Crippen LogP contribution is -2.31. The van der Waals surface area contributed by atoms with Crippen molar-refractivity contribution in [2.45, 2.75) is 19.4 Å². The molecule has 2 heterocycles. The average molecular weight is 183 g/mol. The number of H-pyrrole nitrogens is 1. The van der Waals surface area contributed by atoms with Crippen LogP contribution >= 0.6 is 0 Å². The van der Waals surface area contributed by atoms with Crippen LogP contribution in [0.4, 0.5) is 0 Å². The van der Waals surface area contributed by atoms with Crippen molar-refractivity contribution in [2.24, 2.45) is 5.92 Å². The van der Waals surface area contributed by atoms with E-state index < -0.39 is 11.9 Å². The van der Waals surface area contributed by atoms with Gasteiger partial charge in [-0.25, -0.2) is 9.89 Å². The molecule has 0 saturated heterocycles. The predicted molar refractivity (Wildman–Crippen MR) is 42.3 cm³/mol. The number of aliphatic carboxylic acids is 1. The summed E-state index contributed by atoms with van der Waals surface area (Å²) in [7, 11) is 0. The summed E-state index contributed by atoms with van der Waals surface area (Å²) in [6, 6.07) is 0. The molecule has 0 bridgehead atoms. The second-order valence-corrected chi connectivity index (χ2v) is 3.13. The molecule has 0 radical (unpaired) electrons. The van der Waals surface area contributed by atoms with E-state index in [2.05, 4.69) is 10.2 Å². The Labute approximate surface area is 73.2 Å². The monoisotopic (exact) mass is 183 g/mol. The van der Waals surface area contributed by atoms with Crippen molar-refractivity contribution in [1.82, 2.24) is 14.8 Å². The van der Waals surface area contributed by atoms with Gasteiger partial charge in [-0.2, -0.15) is 5.10 Å². The third-order valence-corrected chi connectivity index (χ3v) is 2.31. The van der Waals surface area contributed by atoms with Crippen LogP contribution in [0.1, 0.15) is 12.2 Å². The van der Waals surface area contributed by atoms with Crippen LogP contribution in [0.25, 0.3) is 0 Å². The largest absolute Gasteiger partial charge is 0.481 e. The summed E-state index contributed by atoms with van der Waals surface area (Å²) in [5.41, 5.74) is -0.319. The fraction of sp³-hybridized carbons (Fsp3) is 0.571. The summed E-state index contributed by atoms with van der Waals surface area (Å²) >= 11 is 0. The number of rotatable bonds is 1. The van der Waals surface area contributed by atoms with Crippen LogP contribution < -0.4 is 5.69 Å². The van der Waals surface area contributed by atoms with E-state index in [0.29, 0.717) is 18.7 Å². The normalized spacial score (nSPS) is 21.1. The number of carboxylic acids is 1. The molecule has 0 saturated carbocycles. The molecule has 0 amide bonds. The molecule has 0 unspecified atom stereocenters. The highest BCUT2D eigenvalue weighted by atomic mass is 16.4. The first-order chi connectivity index (χ1) is 6.18. The number of carbonyl (C=O) groups is 1. The first kappa shape index (κ1) is 8.03. The van der Waals surface area contributed by atoms with Gasteiger partial charge in [0, 0.05) is 13.0 Å². The topological polar surface area (TPSA) is 88.0 Å². The predicted octanol–water partition coefficient (Wildman–Crippen LogP) is -0.782. The number of aromatic nitrogens is 3. The summed E-state index contributed by atoms with van der Waals surface area (Å²) in [5, 5.41) is 14.8. The molecule has 1 aliphatic rings. The van der Waals surface area contributed by atoms with Crippen LogP contribution in [0.5, 0.6) is 0 Å². The molecule has 13 heavy (non-hydrogen) atoms. The third-order valence-electron chi connectivity index (χ3n) is 2.31. The first-order valence-electron chi connectivity index (χ1n) is 4.05. The number of aromatic amines is 1. The van der Waals surface area contributed by atoms with Crippen LogP contribution in [0, 0.1) is 5.92 Å². The van der Waals surface area contributed by atoms with Gasteiger partial charge in [0.1, 0.15) is 5.82 Å². The minimum Gasteiger partial charge on any atom is -0.481 e. The quantitative estimate of drug-likeness (QED) is 0.597. The van der Waals surface area contributed by atoms with Gasteiger partial charge in [-0.15, -0.1) is 0 Å². The van der Waals surface area contributed by atoms with Crippen molar-refractivity contribution < 1.29 is 9.90 Å². The standard InChI is InChI=1S/C7H9N3O3/c11-6(12)4-1-2-5-8-9-7(13)10(5)3-4/h4H,1-3H2,(H,9,13)(H,11,12)/t4-/m0/s1. The van der Waals surface area contributed by atoms with Gasteiger partial charge in [-0.3, -0.25) is 9.36 Å². The number of hydrogen-bond acceptors (Lipinski definition) is 3. The Morgan fingerprint density at radius 2 is 2.46 bits per heavy atom. The number of fused-ring (bicyclic) bond motifs is 1. The summed E-state index contributed by atoms with van der Waals surface area (Å²) in [4.78, 5) is 21.7. The minimum absolute atomic E-state index is 0.236. The zero-order valence-corrected chi connectivity index (χ0v) is 6.86. The number of nitrogens with zero attached hydrogens (tertiary/aromatic N) is 2. The molecule has 70 valence electrons. The number of carboxylic acid groups (broad SMARTS) is 1. The smallest absolute Gasteiger partial charge is 0.343 e. The van der Waals surface area contributed by atoms with E-state index in [1.807, 2.05) is 0 Å². The Bertz CT molecular complexity index is 392. The lowest BCUT2D eigenvalue weighted by molar-refractivity contribution is -0.142. The molecule has 0 spiro atoms. The van der Waals surface area contributed by atoms with Crippen LogP contribution in [0.15, 0.2) is 4.79 Å². The van der Waals surface area contributed by atoms with Gasteiger partial charge in [-0.1, -0.05) is 0 Å². The van der Waals surface area contributed by atoms with Gasteiger partial charge in [0.15, 0.2) is 0 Å². The molecule has 1 atom stereocenters. The van der Waals surface area contributed by atoms with E-state index in [1.165, 1.54) is 4.57 Å². The first-order valence-corrected chi connectivity index (χ1v) is 4.05. The van der Waals surface area contributed by atoms with Gasteiger partial charge in [0.05, 0.1) is 5.92 Å². The fourth-order valence-electron chi connectivity index (χ4n) is 1.55. The lowest BCUT2D eigenvalue weighted by atomic mass is 10.00. The van der Waals surface area contributed by atoms with Gasteiger partial charge < -0.3 is 5.11 Å². The zero-order valence-electron chi connectivity index (χ0n) is 6.86. The molecule has 6 heteroatoms. The molecular weight excluding hydrogens is 174 g/mol. The summed E-state index contributed by atoms with van der Waals surface area (Å²) < 4.78 is 1.39. The van der Waals surface area contributed by atoms with E-state index >= 15 is 0 Å². The Balaban J connectivity index is 2.33. The average Bonchev–Trinajstić information content (AvgIpc) is 2.47. The third kappa shape index (κ3) is 1.24. The van der Waals surface area contributed by atoms with Crippen molar-refractivity contribution >= 4 is 5.97 Å². The zero-order chi connectivity index (χ0) is 9.42. The van der Waals surface area contributed by atoms with E-state index in [0.717, 1.165) is 0 Å². The van der Waals surface area contributed by atoms with Gasteiger partial charge in [0.2, 0.25) is 0 Å². The lowest BCUT2D eigenvalue weighted by Gasteiger charge is -2.18. The number of nitrogens with one attached hydrogen (secondary N) is 1. The van der Waals surface area contributed by atoms with E-state index in [4.69, 9.17) is 5.11 Å². The second-order valence-electron chi connectivity index (χ2n) is 3.13. The Morgan fingerprint density at radius 3 is 3.15 bits per heavy atom. The number of hydrogen-bond donors (Lipinski definition) is 2. The highest BCUT2D eigenvalue weighted by Crippen LogP contribution is 2.16. The molecule has 2 N–H and O–H groups in total. The Morgan fingerprint density at radius 1 is 1.69 bits per heavy atom. The molecular formula is C7H9N3O3. The van der Waals surface area contributed by atoms with E-state index in [9.17, 15) is 9.59 Å². The maximum atomic E-state index is 11.1. The fourth-order valence-corrected chi connectivity index (χ4v) is 1.55. The maximum Gasteiger partial charge on any atom is 0.343 e. The minimum atomic E-state index is -0.848. The summed E-state index contributed by atoms with van der Waals surface area (Å²) in [5.74, 6) is -0.649. The van der Waals surface area contributed by atoms with Gasteiger partial charge in [-0.05, 0) is 6.42 Å². The number of aryl methyl sites for hydroxylation is 1. The van der Waals surface area contributed by atoms with Crippen molar-refractivity contribution in [1.29, 1.82) is 0 Å². The van der Waals surface area contributed by atoms with Crippen LogP contribution in [-0.4, -0.2) is 25.8 Å². The van der Waals surface area contributed by atoms with Gasteiger partial charge >= 0.3 is 11.7 Å². The molecule has 1 aliphatic heterocycles. The van der Waals surface area contributed by atoms with Crippen molar-refractivity contribution in [3.8, 4) is 0 Å². The second kappa shape index (κ2) is 2.72. The van der Waals surface area contributed by atoms with Crippen molar-refractivity contribution in [2.75, 3.05) is 0 Å². The maximum absolute atomic E-state index is 11.1. The molecule has 1 aromatic heterocycles. The molecule has 2 rings (SSSR count). The van der Waals surface area contributed by atoms with E-state index in [-0.39, 0.29) is 12.2 Å². The Hall–Kier alpha value is -1.59. The van der Waals surface area contributed by atoms with Crippen LogP contribution in [-0.2, 0) is 17.8 Å². The SMILES string of the molecule is O=C(O)[C@H]1CCc2n[nH]c(=O)n2C1. The summed E-state index contributed by atoms with van der Waals surface area (Å²) in [6.07, 6.45) is 1.11. The van der Waals surface area contributed by atoms with Crippen molar-refractivity contribution in [3.63, 3.8) is 0 Å². The molecule has 1 aromatic rings.